The van der Waals surface area contributed by atoms with Crippen molar-refractivity contribution in [3.05, 3.63) is 35.9 Å². The monoisotopic (exact) mass is 388 g/mol. The summed E-state index contributed by atoms with van der Waals surface area (Å²) in [7, 11) is 3.62. The van der Waals surface area contributed by atoms with Crippen LogP contribution in [0.1, 0.15) is 83.1 Å². The van der Waals surface area contributed by atoms with Crippen LogP contribution in [0.3, 0.4) is 0 Å². The lowest BCUT2D eigenvalue weighted by Gasteiger charge is -2.40. The van der Waals surface area contributed by atoms with Crippen molar-refractivity contribution >= 4 is 0 Å². The van der Waals surface area contributed by atoms with Crippen LogP contribution in [-0.2, 0) is 20.0 Å². The molecule has 1 saturated heterocycles. The second kappa shape index (κ2) is 10.8. The fourth-order valence-electron chi connectivity index (χ4n) is 5.30. The molecule has 1 heterocycles. The lowest BCUT2D eigenvalue weighted by atomic mass is 9.76. The first kappa shape index (κ1) is 21.8. The van der Waals surface area contributed by atoms with Crippen molar-refractivity contribution in [2.45, 2.75) is 95.5 Å². The van der Waals surface area contributed by atoms with E-state index < -0.39 is 5.79 Å². The summed E-state index contributed by atoms with van der Waals surface area (Å²) in [6.45, 7) is 2.28. The SMILES string of the molecule is CCCCCCCCC(CC1CCC2OC2C1)C(OC)(OC)c1ccccc1. The molecule has 3 nitrogen and oxygen atoms in total. The topological polar surface area (TPSA) is 31.0 Å². The zero-order valence-electron chi connectivity index (χ0n) is 18.2. The second-order valence-corrected chi connectivity index (χ2v) is 8.82. The van der Waals surface area contributed by atoms with Gasteiger partial charge in [-0.05, 0) is 38.0 Å². The Morgan fingerprint density at radius 3 is 2.36 bits per heavy atom. The molecule has 0 N–H and O–H groups in total. The average Bonchev–Trinajstić information content (AvgIpc) is 3.51. The van der Waals surface area contributed by atoms with Crippen LogP contribution in [0, 0.1) is 11.8 Å². The van der Waals surface area contributed by atoms with Crippen LogP contribution in [-0.4, -0.2) is 26.4 Å². The van der Waals surface area contributed by atoms with E-state index in [9.17, 15) is 0 Å². The summed E-state index contributed by atoms with van der Waals surface area (Å²) in [5.41, 5.74) is 1.15. The highest BCUT2D eigenvalue weighted by Crippen LogP contribution is 2.46. The van der Waals surface area contributed by atoms with Crippen molar-refractivity contribution < 1.29 is 14.2 Å². The molecule has 4 unspecified atom stereocenters. The number of unbranched alkanes of at least 4 members (excludes halogenated alkanes) is 5. The first-order valence-corrected chi connectivity index (χ1v) is 11.5. The molecule has 0 radical (unpaired) electrons. The van der Waals surface area contributed by atoms with Gasteiger partial charge in [-0.2, -0.15) is 0 Å². The Labute approximate surface area is 172 Å². The Balaban J connectivity index is 1.68. The van der Waals surface area contributed by atoms with Crippen LogP contribution in [0.15, 0.2) is 30.3 Å². The minimum absolute atomic E-state index is 0.372. The molecule has 0 amide bonds. The lowest BCUT2D eigenvalue weighted by molar-refractivity contribution is -0.255. The highest BCUT2D eigenvalue weighted by molar-refractivity contribution is 5.21. The third-order valence-electron chi connectivity index (χ3n) is 6.96. The van der Waals surface area contributed by atoms with E-state index in [1.165, 1.54) is 57.8 Å². The number of benzene rings is 1. The fraction of sp³-hybridized carbons (Fsp3) is 0.760. The molecule has 0 aromatic heterocycles. The number of ether oxygens (including phenoxy) is 3. The van der Waals surface area contributed by atoms with Crippen molar-refractivity contribution in [2.24, 2.45) is 11.8 Å². The quantitative estimate of drug-likeness (QED) is 0.221. The molecule has 1 saturated carbocycles. The first-order chi connectivity index (χ1) is 13.7. The Kier molecular flexibility index (Phi) is 8.37. The molecule has 1 aromatic carbocycles. The van der Waals surface area contributed by atoms with Crippen molar-refractivity contribution in [1.82, 2.24) is 0 Å². The molecule has 3 heteroatoms. The van der Waals surface area contributed by atoms with Gasteiger partial charge < -0.3 is 14.2 Å². The van der Waals surface area contributed by atoms with E-state index in [4.69, 9.17) is 14.2 Å². The van der Waals surface area contributed by atoms with Crippen LogP contribution < -0.4 is 0 Å². The summed E-state index contributed by atoms with van der Waals surface area (Å²) in [6.07, 6.45) is 15.1. The zero-order chi connectivity index (χ0) is 19.8. The zero-order valence-corrected chi connectivity index (χ0v) is 18.2. The number of epoxide rings is 1. The van der Waals surface area contributed by atoms with Crippen LogP contribution in [0.25, 0.3) is 0 Å². The second-order valence-electron chi connectivity index (χ2n) is 8.82. The van der Waals surface area contributed by atoms with Gasteiger partial charge in [0.2, 0.25) is 0 Å². The smallest absolute Gasteiger partial charge is 0.197 e. The molecule has 2 aliphatic rings. The van der Waals surface area contributed by atoms with Gasteiger partial charge in [-0.1, -0.05) is 75.8 Å². The fourth-order valence-corrected chi connectivity index (χ4v) is 5.30. The van der Waals surface area contributed by atoms with Crippen molar-refractivity contribution in [3.63, 3.8) is 0 Å². The molecule has 158 valence electrons. The Morgan fingerprint density at radius 2 is 1.68 bits per heavy atom. The lowest BCUT2D eigenvalue weighted by Crippen LogP contribution is -2.40. The van der Waals surface area contributed by atoms with Gasteiger partial charge in [-0.25, -0.2) is 0 Å². The van der Waals surface area contributed by atoms with Gasteiger partial charge in [0.15, 0.2) is 5.79 Å². The van der Waals surface area contributed by atoms with Crippen molar-refractivity contribution in [1.29, 1.82) is 0 Å². The molecule has 0 spiro atoms. The van der Waals surface area contributed by atoms with E-state index in [2.05, 4.69) is 37.3 Å². The molecule has 4 atom stereocenters. The van der Waals surface area contributed by atoms with E-state index in [0.717, 1.165) is 24.3 Å². The summed E-state index contributed by atoms with van der Waals surface area (Å²) in [6, 6.07) is 10.6. The Hall–Kier alpha value is -0.900. The Bertz CT molecular complexity index is 554. The maximum absolute atomic E-state index is 6.16. The predicted octanol–water partition coefficient (Wildman–Crippen LogP) is 6.46. The van der Waals surface area contributed by atoms with E-state index in [1.54, 1.807) is 0 Å². The molecule has 3 rings (SSSR count). The number of fused-ring (bicyclic) bond motifs is 1. The summed E-state index contributed by atoms with van der Waals surface area (Å²) in [5, 5.41) is 0. The van der Waals surface area contributed by atoms with Crippen LogP contribution in [0.4, 0.5) is 0 Å². The van der Waals surface area contributed by atoms with E-state index in [0.29, 0.717) is 18.1 Å². The number of hydrogen-bond acceptors (Lipinski definition) is 3. The van der Waals surface area contributed by atoms with Gasteiger partial charge in [0.25, 0.3) is 0 Å². The molecular weight excluding hydrogens is 348 g/mol. The Morgan fingerprint density at radius 1 is 0.964 bits per heavy atom. The summed E-state index contributed by atoms with van der Waals surface area (Å²) >= 11 is 0. The molecule has 1 aliphatic carbocycles. The minimum Gasteiger partial charge on any atom is -0.370 e. The third kappa shape index (κ3) is 5.37. The van der Waals surface area contributed by atoms with Gasteiger partial charge >= 0.3 is 0 Å². The predicted molar refractivity (Wildman–Crippen MR) is 114 cm³/mol. The van der Waals surface area contributed by atoms with Gasteiger partial charge in [0.05, 0.1) is 12.2 Å². The normalized spacial score (nSPS) is 25.3. The first-order valence-electron chi connectivity index (χ1n) is 11.5. The summed E-state index contributed by atoms with van der Waals surface area (Å²) in [4.78, 5) is 0. The van der Waals surface area contributed by atoms with Gasteiger partial charge in [-0.15, -0.1) is 0 Å². The number of rotatable bonds is 13. The molecule has 28 heavy (non-hydrogen) atoms. The summed E-state index contributed by atoms with van der Waals surface area (Å²) < 4.78 is 18.1. The van der Waals surface area contributed by atoms with E-state index >= 15 is 0 Å². The van der Waals surface area contributed by atoms with Gasteiger partial charge in [0, 0.05) is 25.7 Å². The standard InChI is InChI=1S/C25H40O3/c1-4-5-6-7-8-10-15-22(18-20-16-17-23-24(19-20)28-23)25(26-2,27-3)21-13-11-9-12-14-21/h9,11-14,20,22-24H,4-8,10,15-19H2,1-3H3. The largest absolute Gasteiger partial charge is 0.370 e. The molecular formula is C25H40O3. The summed E-state index contributed by atoms with van der Waals surface area (Å²) in [5.74, 6) is 0.449. The molecule has 1 aliphatic heterocycles. The van der Waals surface area contributed by atoms with E-state index in [1.807, 2.05) is 14.2 Å². The number of methoxy groups -OCH3 is 2. The van der Waals surface area contributed by atoms with E-state index in [-0.39, 0.29) is 0 Å². The van der Waals surface area contributed by atoms with Crippen molar-refractivity contribution in [2.75, 3.05) is 14.2 Å². The van der Waals surface area contributed by atoms with Crippen molar-refractivity contribution in [3.8, 4) is 0 Å². The molecule has 1 aromatic rings. The van der Waals surface area contributed by atoms with Gasteiger partial charge in [0.1, 0.15) is 0 Å². The third-order valence-corrected chi connectivity index (χ3v) is 6.96. The molecule has 0 bridgehead atoms. The van der Waals surface area contributed by atoms with Crippen LogP contribution >= 0.6 is 0 Å². The van der Waals surface area contributed by atoms with Crippen LogP contribution in [0.5, 0.6) is 0 Å². The average molecular weight is 389 g/mol. The maximum Gasteiger partial charge on any atom is 0.197 e. The highest BCUT2D eigenvalue weighted by atomic mass is 16.7. The highest BCUT2D eigenvalue weighted by Gasteiger charge is 2.47. The van der Waals surface area contributed by atoms with Gasteiger partial charge in [-0.3, -0.25) is 0 Å². The maximum atomic E-state index is 6.16. The van der Waals surface area contributed by atoms with Crippen LogP contribution in [0.2, 0.25) is 0 Å². The minimum atomic E-state index is -0.647. The number of hydrogen-bond donors (Lipinski definition) is 0. The molecule has 2 fully saturated rings.